The van der Waals surface area contributed by atoms with E-state index in [1.165, 1.54) is 18.2 Å². The second-order valence-corrected chi connectivity index (χ2v) is 7.52. The number of benzene rings is 1. The zero-order valence-electron chi connectivity index (χ0n) is 17.6. The number of nitrogens with zero attached hydrogens (tertiary/aromatic N) is 3. The summed E-state index contributed by atoms with van der Waals surface area (Å²) >= 11 is 0. The molecule has 7 heteroatoms. The molecule has 0 aliphatic carbocycles. The van der Waals surface area contributed by atoms with Gasteiger partial charge in [0.05, 0.1) is 25.4 Å². The summed E-state index contributed by atoms with van der Waals surface area (Å²) in [6.07, 6.45) is 0.833. The van der Waals surface area contributed by atoms with Crippen molar-refractivity contribution in [1.82, 2.24) is 9.47 Å². The van der Waals surface area contributed by atoms with Gasteiger partial charge >= 0.3 is 0 Å². The van der Waals surface area contributed by atoms with Crippen LogP contribution in [0.1, 0.15) is 40.7 Å². The van der Waals surface area contributed by atoms with Gasteiger partial charge in [-0.05, 0) is 32.4 Å². The Morgan fingerprint density at radius 2 is 1.79 bits per heavy atom. The molecule has 0 saturated carbocycles. The zero-order valence-corrected chi connectivity index (χ0v) is 17.6. The number of aromatic nitrogens is 1. The Kier molecular flexibility index (Phi) is 6.57. The van der Waals surface area contributed by atoms with Crippen LogP contribution in [0.5, 0.6) is 0 Å². The van der Waals surface area contributed by atoms with Crippen LogP contribution in [0.15, 0.2) is 18.2 Å². The molecule has 0 atom stereocenters. The number of ether oxygens (including phenoxy) is 1. The van der Waals surface area contributed by atoms with Gasteiger partial charge in [0, 0.05) is 43.5 Å². The van der Waals surface area contributed by atoms with Gasteiger partial charge in [-0.25, -0.2) is 8.78 Å². The molecule has 158 valence electrons. The van der Waals surface area contributed by atoms with Crippen LogP contribution >= 0.6 is 0 Å². The molecule has 1 aromatic carbocycles. The minimum atomic E-state index is -0.607. The average Bonchev–Trinajstić information content (AvgIpc) is 2.94. The van der Waals surface area contributed by atoms with Crippen LogP contribution in [0, 0.1) is 25.5 Å². The van der Waals surface area contributed by atoms with Gasteiger partial charge in [-0.1, -0.05) is 13.0 Å². The summed E-state index contributed by atoms with van der Waals surface area (Å²) in [7, 11) is 1.76. The number of carbonyl (C=O) groups excluding carboxylic acids is 1. The van der Waals surface area contributed by atoms with E-state index in [-0.39, 0.29) is 18.0 Å². The molecule has 1 aromatic heterocycles. The van der Waals surface area contributed by atoms with Crippen molar-refractivity contribution >= 4 is 11.6 Å². The molecule has 0 spiro atoms. The van der Waals surface area contributed by atoms with Crippen LogP contribution in [-0.4, -0.2) is 55.3 Å². The van der Waals surface area contributed by atoms with Gasteiger partial charge in [-0.2, -0.15) is 0 Å². The highest BCUT2D eigenvalue weighted by molar-refractivity contribution is 5.96. The molecule has 0 bridgehead atoms. The molecule has 0 unspecified atom stereocenters. The van der Waals surface area contributed by atoms with E-state index in [1.807, 2.05) is 20.8 Å². The summed E-state index contributed by atoms with van der Waals surface area (Å²) in [5.74, 6) is -1.35. The molecule has 0 radical (unpaired) electrons. The average molecular weight is 405 g/mol. The summed E-state index contributed by atoms with van der Waals surface area (Å²) < 4.78 is 36.0. The van der Waals surface area contributed by atoms with E-state index in [0.29, 0.717) is 25.5 Å². The Balaban J connectivity index is 2.12. The molecule has 1 aliphatic heterocycles. The van der Waals surface area contributed by atoms with Crippen LogP contribution < -0.4 is 4.90 Å². The van der Waals surface area contributed by atoms with Gasteiger partial charge in [-0.15, -0.1) is 0 Å². The molecule has 29 heavy (non-hydrogen) atoms. The lowest BCUT2D eigenvalue weighted by atomic mass is 10.1. The monoisotopic (exact) mass is 405 g/mol. The zero-order chi connectivity index (χ0) is 21.1. The van der Waals surface area contributed by atoms with Crippen LogP contribution in [0.4, 0.5) is 14.5 Å². The standard InChI is InChI=1S/C22H29F2N3O2/c1-5-9-25(4)22(28)21-15(2)20(26-10-12-29-13-11-26)16(3)27(21)14-17-18(23)7-6-8-19(17)24/h6-8H,5,9-14H2,1-4H3. The number of anilines is 1. The number of halogens is 2. The van der Waals surface area contributed by atoms with Gasteiger partial charge in [0.2, 0.25) is 0 Å². The first kappa shape index (κ1) is 21.3. The third kappa shape index (κ3) is 4.15. The molecule has 1 aliphatic rings. The molecule has 2 heterocycles. The smallest absolute Gasteiger partial charge is 0.270 e. The van der Waals surface area contributed by atoms with Crippen molar-refractivity contribution in [3.8, 4) is 0 Å². The predicted octanol–water partition coefficient (Wildman–Crippen LogP) is 3.75. The number of morpholine rings is 1. The summed E-state index contributed by atoms with van der Waals surface area (Å²) in [5, 5.41) is 0. The van der Waals surface area contributed by atoms with E-state index in [9.17, 15) is 13.6 Å². The summed E-state index contributed by atoms with van der Waals surface area (Å²) in [4.78, 5) is 17.1. The molecule has 1 saturated heterocycles. The van der Waals surface area contributed by atoms with Crippen molar-refractivity contribution in [2.75, 3.05) is 44.8 Å². The molecule has 1 fully saturated rings. The first-order valence-corrected chi connectivity index (χ1v) is 10.1. The SMILES string of the molecule is CCCN(C)C(=O)c1c(C)c(N2CCOCC2)c(C)n1Cc1c(F)cccc1F. The highest BCUT2D eigenvalue weighted by Crippen LogP contribution is 2.33. The number of hydrogen-bond acceptors (Lipinski definition) is 3. The Hall–Kier alpha value is -2.41. The Morgan fingerprint density at radius 3 is 2.38 bits per heavy atom. The maximum Gasteiger partial charge on any atom is 0.270 e. The van der Waals surface area contributed by atoms with Crippen LogP contribution in [0.3, 0.4) is 0 Å². The van der Waals surface area contributed by atoms with E-state index in [4.69, 9.17) is 4.74 Å². The molecule has 2 aromatic rings. The fourth-order valence-corrected chi connectivity index (χ4v) is 4.07. The molecule has 5 nitrogen and oxygen atoms in total. The van der Waals surface area contributed by atoms with E-state index < -0.39 is 11.6 Å². The fraction of sp³-hybridized carbons (Fsp3) is 0.500. The maximum absolute atomic E-state index is 14.4. The second kappa shape index (κ2) is 8.95. The van der Waals surface area contributed by atoms with Crippen LogP contribution in [0.25, 0.3) is 0 Å². The molecule has 3 rings (SSSR count). The lowest BCUT2D eigenvalue weighted by molar-refractivity contribution is 0.0783. The largest absolute Gasteiger partial charge is 0.378 e. The first-order valence-electron chi connectivity index (χ1n) is 10.1. The van der Waals surface area contributed by atoms with Crippen molar-refractivity contribution in [1.29, 1.82) is 0 Å². The van der Waals surface area contributed by atoms with E-state index in [2.05, 4.69) is 4.90 Å². The van der Waals surface area contributed by atoms with E-state index >= 15 is 0 Å². The van der Waals surface area contributed by atoms with Gasteiger partial charge in [0.15, 0.2) is 0 Å². The summed E-state index contributed by atoms with van der Waals surface area (Å²) in [5.41, 5.74) is 3.08. The number of hydrogen-bond donors (Lipinski definition) is 0. The predicted molar refractivity (Wildman–Crippen MR) is 110 cm³/mol. The molecular formula is C22H29F2N3O2. The van der Waals surface area contributed by atoms with Crippen LogP contribution in [0.2, 0.25) is 0 Å². The normalized spacial score (nSPS) is 14.3. The van der Waals surface area contributed by atoms with Crippen molar-refractivity contribution < 1.29 is 18.3 Å². The number of carbonyl (C=O) groups is 1. The van der Waals surface area contributed by atoms with Crippen molar-refractivity contribution in [3.63, 3.8) is 0 Å². The summed E-state index contributed by atoms with van der Waals surface area (Å²) in [6, 6.07) is 3.84. The highest BCUT2D eigenvalue weighted by atomic mass is 19.1. The number of rotatable bonds is 6. The van der Waals surface area contributed by atoms with Gasteiger partial charge in [0.25, 0.3) is 5.91 Å². The second-order valence-electron chi connectivity index (χ2n) is 7.52. The number of amides is 1. The van der Waals surface area contributed by atoms with Gasteiger partial charge in [0.1, 0.15) is 17.3 Å². The van der Waals surface area contributed by atoms with E-state index in [0.717, 1.165) is 36.5 Å². The minimum Gasteiger partial charge on any atom is -0.378 e. The van der Waals surface area contributed by atoms with Crippen molar-refractivity contribution in [2.24, 2.45) is 0 Å². The Labute approximate surface area is 170 Å². The third-order valence-electron chi connectivity index (χ3n) is 5.54. The first-order chi connectivity index (χ1) is 13.9. The van der Waals surface area contributed by atoms with Gasteiger partial charge < -0.3 is 19.1 Å². The topological polar surface area (TPSA) is 37.7 Å². The highest BCUT2D eigenvalue weighted by Gasteiger charge is 2.29. The van der Waals surface area contributed by atoms with Gasteiger partial charge in [-0.3, -0.25) is 4.79 Å². The lowest BCUT2D eigenvalue weighted by Gasteiger charge is -2.29. The third-order valence-corrected chi connectivity index (χ3v) is 5.54. The Bertz CT molecular complexity index is 868. The van der Waals surface area contributed by atoms with Crippen LogP contribution in [-0.2, 0) is 11.3 Å². The minimum absolute atomic E-state index is 0.0312. The molecule has 1 amide bonds. The molecular weight excluding hydrogens is 376 g/mol. The molecule has 0 N–H and O–H groups in total. The van der Waals surface area contributed by atoms with E-state index in [1.54, 1.807) is 16.5 Å². The fourth-order valence-electron chi connectivity index (χ4n) is 4.07. The lowest BCUT2D eigenvalue weighted by Crippen LogP contribution is -2.36. The summed E-state index contributed by atoms with van der Waals surface area (Å²) in [6.45, 7) is 9.09. The van der Waals surface area contributed by atoms with Crippen molar-refractivity contribution in [2.45, 2.75) is 33.7 Å². The maximum atomic E-state index is 14.4. The quantitative estimate of drug-likeness (QED) is 0.735. The van der Waals surface area contributed by atoms with Crippen molar-refractivity contribution in [3.05, 3.63) is 52.3 Å². The Morgan fingerprint density at radius 1 is 1.17 bits per heavy atom.